The van der Waals surface area contributed by atoms with E-state index in [1.54, 1.807) is 37.3 Å². The van der Waals surface area contributed by atoms with Crippen LogP contribution in [-0.4, -0.2) is 48.9 Å². The van der Waals surface area contributed by atoms with E-state index in [9.17, 15) is 19.5 Å². The number of amidine groups is 1. The molecule has 10 heteroatoms. The van der Waals surface area contributed by atoms with E-state index < -0.39 is 17.8 Å². The predicted molar refractivity (Wildman–Crippen MR) is 120 cm³/mol. The molecule has 1 fully saturated rings. The monoisotopic (exact) mass is 456 g/mol. The van der Waals surface area contributed by atoms with Crippen molar-refractivity contribution in [1.29, 1.82) is 0 Å². The number of carbonyl (C=O) groups excluding carboxylic acids is 2. The van der Waals surface area contributed by atoms with Crippen molar-refractivity contribution in [3.63, 3.8) is 0 Å². The number of aliphatic imine (C=N–C) groups is 1. The third-order valence-electron chi connectivity index (χ3n) is 4.34. The minimum Gasteiger partial charge on any atom is -0.493 e. The molecule has 1 aliphatic heterocycles. The van der Waals surface area contributed by atoms with Crippen molar-refractivity contribution in [2.24, 2.45) is 4.99 Å². The van der Waals surface area contributed by atoms with Crippen LogP contribution in [0.15, 0.2) is 46.3 Å². The van der Waals surface area contributed by atoms with Crippen LogP contribution < -0.4 is 14.8 Å². The number of rotatable bonds is 7. The fourth-order valence-corrected chi connectivity index (χ4v) is 3.74. The number of carboxylic acids is 1. The molecule has 32 heavy (non-hydrogen) atoms. The Labute approximate surface area is 188 Å². The topological polar surface area (TPSA) is 124 Å². The van der Waals surface area contributed by atoms with Gasteiger partial charge in [0, 0.05) is 0 Å². The largest absolute Gasteiger partial charge is 0.493 e. The number of amides is 1. The Balaban J connectivity index is 1.87. The summed E-state index contributed by atoms with van der Waals surface area (Å²) >= 11 is 1.06. The van der Waals surface area contributed by atoms with Crippen LogP contribution in [0.25, 0.3) is 6.08 Å². The van der Waals surface area contributed by atoms with Crippen molar-refractivity contribution >= 4 is 46.5 Å². The number of nitrogens with one attached hydrogen (secondary N) is 1. The molecule has 0 saturated carbocycles. The van der Waals surface area contributed by atoms with Crippen molar-refractivity contribution < 1.29 is 33.7 Å². The molecule has 166 valence electrons. The Kier molecular flexibility index (Phi) is 7.16. The zero-order chi connectivity index (χ0) is 23.3. The lowest BCUT2D eigenvalue weighted by molar-refractivity contribution is -0.115. The van der Waals surface area contributed by atoms with Gasteiger partial charge in [0.1, 0.15) is 5.56 Å². The number of esters is 1. The average Bonchev–Trinajstić information content (AvgIpc) is 3.12. The van der Waals surface area contributed by atoms with E-state index in [0.29, 0.717) is 16.4 Å². The molecule has 0 atom stereocenters. The van der Waals surface area contributed by atoms with E-state index in [0.717, 1.165) is 11.8 Å². The molecule has 1 aliphatic rings. The summed E-state index contributed by atoms with van der Waals surface area (Å²) in [5, 5.41) is 12.6. The summed E-state index contributed by atoms with van der Waals surface area (Å²) in [6.45, 7) is 2.01. The highest BCUT2D eigenvalue weighted by molar-refractivity contribution is 8.18. The second-order valence-corrected chi connectivity index (χ2v) is 7.35. The number of carboxylic acid groups (broad SMARTS) is 1. The average molecular weight is 456 g/mol. The lowest BCUT2D eigenvalue weighted by Crippen LogP contribution is -2.19. The molecule has 1 saturated heterocycles. The van der Waals surface area contributed by atoms with E-state index in [-0.39, 0.29) is 34.1 Å². The molecular weight excluding hydrogens is 436 g/mol. The standard InChI is InChI=1S/C22H20N2O7S/c1-4-31-21(28)12-5-8-14(9-6-12)23-22-24-19(25)16(32-22)11-13-7-10-15(29-2)18(30-3)17(13)20(26)27/h5-11H,4H2,1-3H3,(H,26,27)(H,23,24,25)/b16-11+. The van der Waals surface area contributed by atoms with Gasteiger partial charge in [0.15, 0.2) is 16.7 Å². The quantitative estimate of drug-likeness (QED) is 0.480. The van der Waals surface area contributed by atoms with Gasteiger partial charge >= 0.3 is 11.9 Å². The summed E-state index contributed by atoms with van der Waals surface area (Å²) in [5.74, 6) is -1.73. The number of carbonyl (C=O) groups is 3. The molecule has 0 aromatic heterocycles. The number of hydrogen-bond acceptors (Lipinski definition) is 8. The van der Waals surface area contributed by atoms with Gasteiger partial charge in [0.05, 0.1) is 37.0 Å². The highest BCUT2D eigenvalue weighted by Crippen LogP contribution is 2.36. The van der Waals surface area contributed by atoms with Crippen molar-refractivity contribution in [2.45, 2.75) is 6.92 Å². The van der Waals surface area contributed by atoms with Crippen molar-refractivity contribution in [3.05, 3.63) is 58.0 Å². The Hall–Kier alpha value is -3.79. The van der Waals surface area contributed by atoms with Crippen LogP contribution in [0.2, 0.25) is 0 Å². The van der Waals surface area contributed by atoms with Crippen LogP contribution in [0, 0.1) is 0 Å². The fraction of sp³-hybridized carbons (Fsp3) is 0.182. The Morgan fingerprint density at radius 1 is 1.12 bits per heavy atom. The second-order valence-electron chi connectivity index (χ2n) is 6.32. The molecule has 3 rings (SSSR count). The van der Waals surface area contributed by atoms with Gasteiger partial charge in [-0.3, -0.25) is 4.79 Å². The summed E-state index contributed by atoms with van der Waals surface area (Å²) in [6.07, 6.45) is 1.46. The first kappa shape index (κ1) is 22.9. The van der Waals surface area contributed by atoms with E-state index in [1.807, 2.05) is 0 Å². The first-order valence-electron chi connectivity index (χ1n) is 9.43. The maximum absolute atomic E-state index is 12.4. The van der Waals surface area contributed by atoms with Gasteiger partial charge in [-0.2, -0.15) is 0 Å². The summed E-state index contributed by atoms with van der Waals surface area (Å²) in [5.41, 5.74) is 1.09. The zero-order valence-electron chi connectivity index (χ0n) is 17.5. The summed E-state index contributed by atoms with van der Waals surface area (Å²) in [7, 11) is 2.75. The smallest absolute Gasteiger partial charge is 0.340 e. The highest BCUT2D eigenvalue weighted by Gasteiger charge is 2.26. The Bertz CT molecular complexity index is 1120. The molecule has 1 heterocycles. The molecule has 0 unspecified atom stereocenters. The number of thioether (sulfide) groups is 1. The summed E-state index contributed by atoms with van der Waals surface area (Å²) in [4.78, 5) is 40.6. The molecule has 2 aromatic carbocycles. The zero-order valence-corrected chi connectivity index (χ0v) is 18.3. The van der Waals surface area contributed by atoms with Gasteiger partial charge in [0.2, 0.25) is 0 Å². The van der Waals surface area contributed by atoms with E-state index in [4.69, 9.17) is 14.2 Å². The van der Waals surface area contributed by atoms with E-state index >= 15 is 0 Å². The molecule has 2 aromatic rings. The normalized spacial score (nSPS) is 15.5. The van der Waals surface area contributed by atoms with Gasteiger partial charge in [-0.05, 0) is 60.7 Å². The van der Waals surface area contributed by atoms with E-state index in [1.165, 1.54) is 26.4 Å². The molecule has 1 amide bonds. The van der Waals surface area contributed by atoms with Crippen LogP contribution in [0.3, 0.4) is 0 Å². The number of nitrogens with zero attached hydrogens (tertiary/aromatic N) is 1. The highest BCUT2D eigenvalue weighted by atomic mass is 32.2. The Morgan fingerprint density at radius 2 is 1.84 bits per heavy atom. The number of methoxy groups -OCH3 is 2. The fourth-order valence-electron chi connectivity index (χ4n) is 2.91. The molecule has 0 aliphatic carbocycles. The third kappa shape index (κ3) is 4.92. The van der Waals surface area contributed by atoms with Crippen molar-refractivity contribution in [3.8, 4) is 11.5 Å². The first-order valence-corrected chi connectivity index (χ1v) is 10.2. The number of aromatic carboxylic acids is 1. The SMILES string of the molecule is CCOC(=O)c1ccc(N=C2NC(=O)/C(=C\c3ccc(OC)c(OC)c3C(=O)O)S2)cc1. The minimum absolute atomic E-state index is 0.0633. The number of hydrogen-bond donors (Lipinski definition) is 2. The Morgan fingerprint density at radius 3 is 2.44 bits per heavy atom. The molecule has 0 bridgehead atoms. The van der Waals surface area contributed by atoms with Gasteiger partial charge in [-0.15, -0.1) is 0 Å². The molecule has 0 spiro atoms. The van der Waals surface area contributed by atoms with Crippen molar-refractivity contribution in [1.82, 2.24) is 5.32 Å². The lowest BCUT2D eigenvalue weighted by Gasteiger charge is -2.12. The lowest BCUT2D eigenvalue weighted by atomic mass is 10.0. The maximum atomic E-state index is 12.4. The van der Waals surface area contributed by atoms with Crippen LogP contribution in [0.1, 0.15) is 33.2 Å². The third-order valence-corrected chi connectivity index (χ3v) is 5.25. The minimum atomic E-state index is -1.22. The second kappa shape index (κ2) is 10.0. The maximum Gasteiger partial charge on any atom is 0.340 e. The van der Waals surface area contributed by atoms with Crippen LogP contribution in [-0.2, 0) is 9.53 Å². The van der Waals surface area contributed by atoms with Crippen LogP contribution in [0.4, 0.5) is 5.69 Å². The molecular formula is C22H20N2O7S. The summed E-state index contributed by atoms with van der Waals surface area (Å²) in [6, 6.07) is 9.52. The van der Waals surface area contributed by atoms with Gasteiger partial charge in [-0.25, -0.2) is 14.6 Å². The van der Waals surface area contributed by atoms with Gasteiger partial charge in [0.25, 0.3) is 5.91 Å². The predicted octanol–water partition coefficient (Wildman–Crippen LogP) is 3.47. The van der Waals surface area contributed by atoms with Crippen LogP contribution >= 0.6 is 11.8 Å². The van der Waals surface area contributed by atoms with Crippen molar-refractivity contribution in [2.75, 3.05) is 20.8 Å². The first-order chi connectivity index (χ1) is 15.4. The van der Waals surface area contributed by atoms with Gasteiger partial charge < -0.3 is 24.6 Å². The molecule has 9 nitrogen and oxygen atoms in total. The van der Waals surface area contributed by atoms with Gasteiger partial charge in [-0.1, -0.05) is 6.07 Å². The summed E-state index contributed by atoms with van der Waals surface area (Å²) < 4.78 is 15.3. The molecule has 2 N–H and O–H groups in total. The molecule has 0 radical (unpaired) electrons. The van der Waals surface area contributed by atoms with Crippen LogP contribution in [0.5, 0.6) is 11.5 Å². The number of ether oxygens (including phenoxy) is 3. The number of benzene rings is 2. The van der Waals surface area contributed by atoms with E-state index in [2.05, 4.69) is 10.3 Å².